The van der Waals surface area contributed by atoms with Crippen molar-refractivity contribution in [3.8, 4) is 56.0 Å². The van der Waals surface area contributed by atoms with Gasteiger partial charge in [-0.3, -0.25) is 0 Å². The first-order valence-corrected chi connectivity index (χ1v) is 19.1. The van der Waals surface area contributed by atoms with Crippen molar-refractivity contribution >= 4 is 22.1 Å². The highest BCUT2D eigenvalue weighted by molar-refractivity contribution is 6.07. The first-order chi connectivity index (χ1) is 27.8. The van der Waals surface area contributed by atoms with E-state index < -0.39 is 5.41 Å². The largest absolute Gasteiger partial charge is 0.452 e. The van der Waals surface area contributed by atoms with Gasteiger partial charge in [-0.2, -0.15) is 0 Å². The fourth-order valence-corrected chi connectivity index (χ4v) is 8.91. The van der Waals surface area contributed by atoms with Gasteiger partial charge in [0.15, 0.2) is 11.4 Å². The van der Waals surface area contributed by atoms with Crippen molar-refractivity contribution in [1.29, 1.82) is 0 Å². The van der Waals surface area contributed by atoms with E-state index in [1.54, 1.807) is 0 Å². The van der Waals surface area contributed by atoms with Crippen LogP contribution in [0.1, 0.15) is 22.3 Å². The number of para-hydroxylation sites is 1. The van der Waals surface area contributed by atoms with Crippen molar-refractivity contribution in [3.05, 3.63) is 229 Å². The van der Waals surface area contributed by atoms with Gasteiger partial charge in [0.1, 0.15) is 16.8 Å². The first kappa shape index (κ1) is 32.1. The Morgan fingerprint density at radius 2 is 0.964 bits per heavy atom. The average molecular weight is 715 g/mol. The second kappa shape index (κ2) is 12.9. The summed E-state index contributed by atoms with van der Waals surface area (Å²) in [6, 6.07) is 73.5. The predicted octanol–water partition coefficient (Wildman–Crippen LogP) is 13.4. The molecule has 10 aromatic rings. The zero-order valence-corrected chi connectivity index (χ0v) is 30.4. The number of hydrogen-bond donors (Lipinski definition) is 0. The van der Waals surface area contributed by atoms with Gasteiger partial charge in [0.2, 0.25) is 0 Å². The lowest BCUT2D eigenvalue weighted by molar-refractivity contribution is 0.667. The van der Waals surface area contributed by atoms with Crippen LogP contribution in [0, 0.1) is 0 Å². The highest BCUT2D eigenvalue weighted by Crippen LogP contribution is 2.58. The number of fused-ring (bicyclic) bond motifs is 6. The molecule has 0 unspecified atom stereocenters. The first-order valence-electron chi connectivity index (χ1n) is 19.1. The Hall–Kier alpha value is -7.36. The molecule has 262 valence electrons. The van der Waals surface area contributed by atoms with Crippen LogP contribution in [0.5, 0.6) is 0 Å². The van der Waals surface area contributed by atoms with Gasteiger partial charge < -0.3 is 4.42 Å². The van der Waals surface area contributed by atoms with Gasteiger partial charge in [-0.15, -0.1) is 0 Å². The van der Waals surface area contributed by atoms with Crippen molar-refractivity contribution in [1.82, 2.24) is 9.97 Å². The molecule has 0 spiro atoms. The Bertz CT molecular complexity index is 3020. The third-order valence-corrected chi connectivity index (χ3v) is 11.4. The highest BCUT2D eigenvalue weighted by atomic mass is 16.3. The smallest absolute Gasteiger partial charge is 0.180 e. The molecule has 2 aromatic heterocycles. The summed E-state index contributed by atoms with van der Waals surface area (Å²) < 4.78 is 6.55. The molecule has 56 heavy (non-hydrogen) atoms. The second-order valence-corrected chi connectivity index (χ2v) is 14.5. The Kier molecular flexibility index (Phi) is 7.39. The maximum Gasteiger partial charge on any atom is 0.180 e. The molecule has 0 radical (unpaired) electrons. The van der Waals surface area contributed by atoms with Crippen LogP contribution in [0.3, 0.4) is 0 Å². The van der Waals surface area contributed by atoms with E-state index in [0.29, 0.717) is 11.4 Å². The number of aromatic nitrogens is 2. The molecule has 0 fully saturated rings. The minimum absolute atomic E-state index is 0.581. The van der Waals surface area contributed by atoms with Crippen LogP contribution < -0.4 is 0 Å². The molecule has 3 heteroatoms. The normalized spacial score (nSPS) is 12.8. The average Bonchev–Trinajstić information content (AvgIpc) is 3.80. The number of nitrogens with zero attached hydrogens (tertiary/aromatic N) is 2. The Morgan fingerprint density at radius 3 is 1.70 bits per heavy atom. The summed E-state index contributed by atoms with van der Waals surface area (Å²) in [7, 11) is 0. The van der Waals surface area contributed by atoms with Gasteiger partial charge in [0.25, 0.3) is 0 Å². The fourth-order valence-electron chi connectivity index (χ4n) is 8.91. The van der Waals surface area contributed by atoms with Crippen LogP contribution in [-0.2, 0) is 5.41 Å². The standard InChI is InChI=1S/C53H34N2O/c1-5-18-35(19-6-1)37-22-17-23-38(32-37)43-33-44-41-28-13-15-30-46(41)53(39-24-9-3-10-25-39,40-26-11-4-12-27-40)47(44)34-45(43)52-54-49(36-20-7-2-8-21-36)51-50(55-52)42-29-14-16-31-48(42)56-51/h1-34H. The van der Waals surface area contributed by atoms with Crippen LogP contribution in [0.2, 0.25) is 0 Å². The van der Waals surface area contributed by atoms with Crippen molar-refractivity contribution in [3.63, 3.8) is 0 Å². The van der Waals surface area contributed by atoms with Gasteiger partial charge in [-0.1, -0.05) is 176 Å². The molecule has 0 bridgehead atoms. The van der Waals surface area contributed by atoms with Crippen LogP contribution in [0.4, 0.5) is 0 Å². The summed E-state index contributed by atoms with van der Waals surface area (Å²) in [5.41, 5.74) is 16.2. The maximum absolute atomic E-state index is 6.55. The van der Waals surface area contributed by atoms with E-state index in [4.69, 9.17) is 14.4 Å². The molecular weight excluding hydrogens is 681 g/mol. The molecule has 1 aliphatic carbocycles. The molecule has 8 aromatic carbocycles. The molecule has 2 heterocycles. The van der Waals surface area contributed by atoms with E-state index in [0.717, 1.165) is 50.0 Å². The van der Waals surface area contributed by atoms with Crippen LogP contribution >= 0.6 is 0 Å². The van der Waals surface area contributed by atoms with E-state index in [9.17, 15) is 0 Å². The molecule has 0 saturated heterocycles. The van der Waals surface area contributed by atoms with Crippen LogP contribution in [-0.4, -0.2) is 9.97 Å². The van der Waals surface area contributed by atoms with E-state index in [2.05, 4.69) is 170 Å². The lowest BCUT2D eigenvalue weighted by Gasteiger charge is -2.34. The summed E-state index contributed by atoms with van der Waals surface area (Å²) in [4.78, 5) is 10.9. The SMILES string of the molecule is c1ccc(-c2cccc(-c3cc4c(cc3-c3nc(-c5ccccc5)c5oc6ccccc6c5n3)C(c3ccccc3)(c3ccccc3)c3ccccc3-4)c2)cc1. The summed E-state index contributed by atoms with van der Waals surface area (Å²) >= 11 is 0. The quantitative estimate of drug-likeness (QED) is 0.172. The zero-order chi connectivity index (χ0) is 37.1. The lowest BCUT2D eigenvalue weighted by Crippen LogP contribution is -2.28. The highest BCUT2D eigenvalue weighted by Gasteiger charge is 2.46. The third kappa shape index (κ3) is 4.91. The number of furan rings is 1. The van der Waals surface area contributed by atoms with Gasteiger partial charge in [-0.25, -0.2) is 9.97 Å². The van der Waals surface area contributed by atoms with Crippen LogP contribution in [0.15, 0.2) is 211 Å². The molecule has 0 N–H and O–H groups in total. The summed E-state index contributed by atoms with van der Waals surface area (Å²) in [5.74, 6) is 0.650. The maximum atomic E-state index is 6.55. The van der Waals surface area contributed by atoms with Crippen molar-refractivity contribution in [2.24, 2.45) is 0 Å². The van der Waals surface area contributed by atoms with Crippen molar-refractivity contribution in [2.45, 2.75) is 5.41 Å². The summed E-state index contributed by atoms with van der Waals surface area (Å²) in [5, 5.41) is 0.965. The van der Waals surface area contributed by atoms with Gasteiger partial charge in [-0.05, 0) is 86.0 Å². The summed E-state index contributed by atoms with van der Waals surface area (Å²) in [6.07, 6.45) is 0. The second-order valence-electron chi connectivity index (χ2n) is 14.5. The molecule has 1 aliphatic rings. The number of rotatable bonds is 6. The predicted molar refractivity (Wildman–Crippen MR) is 228 cm³/mol. The zero-order valence-electron chi connectivity index (χ0n) is 30.4. The van der Waals surface area contributed by atoms with Crippen LogP contribution in [0.25, 0.3) is 78.1 Å². The molecule has 11 rings (SSSR count). The Labute approximate surface area is 325 Å². The molecule has 0 amide bonds. The van der Waals surface area contributed by atoms with Gasteiger partial charge in [0, 0.05) is 16.5 Å². The molecule has 0 saturated carbocycles. The van der Waals surface area contributed by atoms with Gasteiger partial charge in [0.05, 0.1) is 5.41 Å². The minimum atomic E-state index is -0.581. The number of hydrogen-bond acceptors (Lipinski definition) is 3. The Morgan fingerprint density at radius 1 is 0.375 bits per heavy atom. The summed E-state index contributed by atoms with van der Waals surface area (Å²) in [6.45, 7) is 0. The molecular formula is C53H34N2O. The third-order valence-electron chi connectivity index (χ3n) is 11.4. The molecule has 0 aliphatic heterocycles. The monoisotopic (exact) mass is 714 g/mol. The van der Waals surface area contributed by atoms with E-state index >= 15 is 0 Å². The molecule has 0 atom stereocenters. The fraction of sp³-hybridized carbons (Fsp3) is 0.0189. The lowest BCUT2D eigenvalue weighted by atomic mass is 9.67. The van der Waals surface area contributed by atoms with Crippen molar-refractivity contribution < 1.29 is 4.42 Å². The Balaban J connectivity index is 1.28. The van der Waals surface area contributed by atoms with Gasteiger partial charge >= 0.3 is 0 Å². The van der Waals surface area contributed by atoms with Crippen molar-refractivity contribution in [2.75, 3.05) is 0 Å². The topological polar surface area (TPSA) is 38.9 Å². The number of benzene rings is 8. The van der Waals surface area contributed by atoms with E-state index in [1.807, 2.05) is 36.4 Å². The van der Waals surface area contributed by atoms with E-state index in [1.165, 1.54) is 38.9 Å². The minimum Gasteiger partial charge on any atom is -0.452 e. The van der Waals surface area contributed by atoms with E-state index in [-0.39, 0.29) is 0 Å². The molecule has 3 nitrogen and oxygen atoms in total.